The summed E-state index contributed by atoms with van der Waals surface area (Å²) in [5, 5.41) is 10.7. The first kappa shape index (κ1) is 25.7. The predicted molar refractivity (Wildman–Crippen MR) is 143 cm³/mol. The van der Waals surface area contributed by atoms with Crippen LogP contribution in [0.2, 0.25) is 0 Å². The van der Waals surface area contributed by atoms with Crippen LogP contribution in [-0.2, 0) is 9.84 Å². The zero-order chi connectivity index (χ0) is 27.0. The molecule has 0 aliphatic heterocycles. The van der Waals surface area contributed by atoms with E-state index in [1.165, 1.54) is 18.4 Å². The van der Waals surface area contributed by atoms with Gasteiger partial charge in [0.25, 0.3) is 5.91 Å². The number of imidazole rings is 1. The lowest BCUT2D eigenvalue weighted by Gasteiger charge is -2.13. The minimum Gasteiger partial charge on any atom is -0.437 e. The molecule has 1 saturated carbocycles. The first-order valence-electron chi connectivity index (χ1n) is 12.2. The van der Waals surface area contributed by atoms with Gasteiger partial charge in [0.2, 0.25) is 5.88 Å². The van der Waals surface area contributed by atoms with Gasteiger partial charge >= 0.3 is 0 Å². The van der Waals surface area contributed by atoms with Crippen molar-refractivity contribution in [3.63, 3.8) is 0 Å². The number of nitrogens with one attached hydrogen (secondary N) is 2. The number of nitrogens with zero attached hydrogens (tertiary/aromatic N) is 3. The number of aryl methyl sites for hydroxylation is 2. The Labute approximate surface area is 220 Å². The number of hydrogen-bond donors (Lipinski definition) is 2. The van der Waals surface area contributed by atoms with Crippen LogP contribution in [0.1, 0.15) is 34.3 Å². The number of carbonyl (C=O) groups is 1. The van der Waals surface area contributed by atoms with Gasteiger partial charge in [0.05, 0.1) is 23.3 Å². The first-order chi connectivity index (χ1) is 18.1. The van der Waals surface area contributed by atoms with E-state index >= 15 is 0 Å². The van der Waals surface area contributed by atoms with Crippen LogP contribution in [0.4, 0.5) is 10.1 Å². The third-order valence-electron chi connectivity index (χ3n) is 6.28. The Morgan fingerprint density at radius 2 is 1.92 bits per heavy atom. The Balaban J connectivity index is 1.54. The van der Waals surface area contributed by atoms with Crippen LogP contribution in [0.15, 0.2) is 48.7 Å². The molecular weight excluding hydrogens is 509 g/mol. The molecule has 0 unspecified atom stereocenters. The van der Waals surface area contributed by atoms with Crippen molar-refractivity contribution in [1.29, 1.82) is 0 Å². The Bertz CT molecular complexity index is 1650. The molecule has 38 heavy (non-hydrogen) atoms. The summed E-state index contributed by atoms with van der Waals surface area (Å²) in [7, 11) is -3.19. The van der Waals surface area contributed by atoms with Crippen LogP contribution in [0.25, 0.3) is 16.9 Å². The molecule has 4 aromatic rings. The van der Waals surface area contributed by atoms with Crippen molar-refractivity contribution < 1.29 is 22.3 Å². The number of aromatic nitrogens is 3. The van der Waals surface area contributed by atoms with Gasteiger partial charge in [0.1, 0.15) is 21.4 Å². The molecule has 0 atom stereocenters. The second kappa shape index (κ2) is 10.1. The van der Waals surface area contributed by atoms with E-state index in [-0.39, 0.29) is 30.1 Å². The van der Waals surface area contributed by atoms with Gasteiger partial charge in [-0.05, 0) is 56.0 Å². The SMILES string of the molecule is Cc1ccc(F)cc1Oc1cc(NCCS(C)(=O)=O)c2ncc(-c3ccc(C(=O)NC4CC4)c(C)c3)n2n1. The van der Waals surface area contributed by atoms with E-state index < -0.39 is 15.7 Å². The van der Waals surface area contributed by atoms with Gasteiger partial charge < -0.3 is 15.4 Å². The van der Waals surface area contributed by atoms with Crippen molar-refractivity contribution in [2.24, 2.45) is 0 Å². The molecule has 11 heteroatoms. The summed E-state index contributed by atoms with van der Waals surface area (Å²) in [5.74, 6) is -0.126. The zero-order valence-corrected chi connectivity index (χ0v) is 22.1. The lowest BCUT2D eigenvalue weighted by atomic mass is 10.0. The molecule has 2 heterocycles. The minimum absolute atomic E-state index is 0.0716. The van der Waals surface area contributed by atoms with Crippen molar-refractivity contribution in [2.75, 3.05) is 23.9 Å². The number of sulfone groups is 1. The maximum absolute atomic E-state index is 13.9. The number of ether oxygens (including phenoxy) is 1. The highest BCUT2D eigenvalue weighted by atomic mass is 32.2. The van der Waals surface area contributed by atoms with Crippen LogP contribution in [0.3, 0.4) is 0 Å². The van der Waals surface area contributed by atoms with Crippen molar-refractivity contribution >= 4 is 27.1 Å². The summed E-state index contributed by atoms with van der Waals surface area (Å²) >= 11 is 0. The van der Waals surface area contributed by atoms with Crippen LogP contribution in [0, 0.1) is 19.7 Å². The summed E-state index contributed by atoms with van der Waals surface area (Å²) in [6.45, 7) is 3.83. The monoisotopic (exact) mass is 537 g/mol. The molecule has 0 spiro atoms. The maximum atomic E-state index is 13.9. The second-order valence-corrected chi connectivity index (χ2v) is 11.9. The normalized spacial score (nSPS) is 13.5. The Kier molecular flexibility index (Phi) is 6.78. The number of fused-ring (bicyclic) bond motifs is 1. The third kappa shape index (κ3) is 5.77. The van der Waals surface area contributed by atoms with Gasteiger partial charge in [-0.3, -0.25) is 4.79 Å². The summed E-state index contributed by atoms with van der Waals surface area (Å²) < 4.78 is 44.7. The van der Waals surface area contributed by atoms with E-state index in [4.69, 9.17) is 4.74 Å². The molecule has 2 aromatic heterocycles. The van der Waals surface area contributed by atoms with Gasteiger partial charge in [-0.1, -0.05) is 12.1 Å². The van der Waals surface area contributed by atoms with Crippen LogP contribution in [0.5, 0.6) is 11.6 Å². The molecule has 1 fully saturated rings. The van der Waals surface area contributed by atoms with E-state index in [0.717, 1.165) is 29.5 Å². The molecule has 0 saturated heterocycles. The predicted octanol–water partition coefficient (Wildman–Crippen LogP) is 4.29. The average molecular weight is 538 g/mol. The lowest BCUT2D eigenvalue weighted by molar-refractivity contribution is 0.0950. The fourth-order valence-corrected chi connectivity index (χ4v) is 4.53. The number of anilines is 1. The van der Waals surface area contributed by atoms with Crippen molar-refractivity contribution in [1.82, 2.24) is 19.9 Å². The fraction of sp³-hybridized carbons (Fsp3) is 0.296. The molecule has 5 rings (SSSR count). The summed E-state index contributed by atoms with van der Waals surface area (Å²) in [6, 6.07) is 11.6. The highest BCUT2D eigenvalue weighted by Crippen LogP contribution is 2.31. The smallest absolute Gasteiger partial charge is 0.251 e. The van der Waals surface area contributed by atoms with Gasteiger partial charge in [0, 0.05) is 42.1 Å². The van der Waals surface area contributed by atoms with E-state index in [0.29, 0.717) is 28.3 Å². The molecular formula is C27H28FN5O4S. The van der Waals surface area contributed by atoms with Crippen LogP contribution < -0.4 is 15.4 Å². The third-order valence-corrected chi connectivity index (χ3v) is 7.22. The molecule has 2 N–H and O–H groups in total. The molecule has 2 aromatic carbocycles. The minimum atomic E-state index is -3.19. The van der Waals surface area contributed by atoms with E-state index in [1.54, 1.807) is 35.8 Å². The number of halogens is 1. The molecule has 1 aliphatic carbocycles. The van der Waals surface area contributed by atoms with E-state index in [1.807, 2.05) is 19.1 Å². The van der Waals surface area contributed by atoms with Crippen molar-refractivity contribution in [3.8, 4) is 22.9 Å². The van der Waals surface area contributed by atoms with E-state index in [2.05, 4.69) is 20.7 Å². The zero-order valence-electron chi connectivity index (χ0n) is 21.3. The highest BCUT2D eigenvalue weighted by Gasteiger charge is 2.24. The van der Waals surface area contributed by atoms with Gasteiger partial charge in [0.15, 0.2) is 5.65 Å². The Hall–Kier alpha value is -3.99. The number of carbonyl (C=O) groups excluding carboxylic acids is 1. The Morgan fingerprint density at radius 3 is 2.63 bits per heavy atom. The second-order valence-electron chi connectivity index (χ2n) is 9.62. The van der Waals surface area contributed by atoms with Gasteiger partial charge in [-0.2, -0.15) is 0 Å². The number of benzene rings is 2. The largest absolute Gasteiger partial charge is 0.437 e. The van der Waals surface area contributed by atoms with Crippen molar-refractivity contribution in [3.05, 3.63) is 71.2 Å². The van der Waals surface area contributed by atoms with Crippen LogP contribution in [-0.4, -0.2) is 53.5 Å². The fourth-order valence-electron chi connectivity index (χ4n) is 4.06. The number of rotatable bonds is 9. The quantitative estimate of drug-likeness (QED) is 0.327. The lowest BCUT2D eigenvalue weighted by Crippen LogP contribution is -2.26. The molecule has 198 valence electrons. The highest BCUT2D eigenvalue weighted by molar-refractivity contribution is 7.90. The number of hydrogen-bond acceptors (Lipinski definition) is 7. The summed E-state index contributed by atoms with van der Waals surface area (Å²) in [6.07, 6.45) is 4.84. The topological polar surface area (TPSA) is 115 Å². The molecule has 1 amide bonds. The Morgan fingerprint density at radius 1 is 1.13 bits per heavy atom. The summed E-state index contributed by atoms with van der Waals surface area (Å²) in [5.41, 5.74) is 4.54. The van der Waals surface area contributed by atoms with Crippen LogP contribution >= 0.6 is 0 Å². The van der Waals surface area contributed by atoms with E-state index in [9.17, 15) is 17.6 Å². The average Bonchev–Trinajstić information content (AvgIpc) is 3.55. The van der Waals surface area contributed by atoms with Gasteiger partial charge in [-0.25, -0.2) is 22.3 Å². The molecule has 9 nitrogen and oxygen atoms in total. The maximum Gasteiger partial charge on any atom is 0.251 e. The summed E-state index contributed by atoms with van der Waals surface area (Å²) in [4.78, 5) is 17.1. The number of amides is 1. The molecule has 0 bridgehead atoms. The standard InChI is InChI=1S/C27H28FN5O4S/c1-16-4-6-19(28)13-24(16)37-25-14-22(29-10-11-38(3,35)36)26-30-15-23(33(26)32-25)18-5-9-21(17(2)12-18)27(34)31-20-7-8-20/h4-6,9,12-15,20,29H,7-8,10-11H2,1-3H3,(H,31,34). The van der Waals surface area contributed by atoms with Gasteiger partial charge in [-0.15, -0.1) is 5.10 Å². The first-order valence-corrected chi connectivity index (χ1v) is 14.3. The van der Waals surface area contributed by atoms with Crippen molar-refractivity contribution in [2.45, 2.75) is 32.7 Å². The molecule has 0 radical (unpaired) electrons. The molecule has 1 aliphatic rings.